The highest BCUT2D eigenvalue weighted by Gasteiger charge is 2.11. The third-order valence-electron chi connectivity index (χ3n) is 3.92. The molecule has 26 heavy (non-hydrogen) atoms. The van der Waals surface area contributed by atoms with Crippen LogP contribution in [0, 0.1) is 18.6 Å². The van der Waals surface area contributed by atoms with E-state index in [0.717, 1.165) is 29.9 Å². The molecule has 1 heterocycles. The van der Waals surface area contributed by atoms with E-state index in [9.17, 15) is 8.78 Å². The van der Waals surface area contributed by atoms with E-state index in [1.807, 2.05) is 32.0 Å². The molecule has 0 saturated heterocycles. The van der Waals surface area contributed by atoms with E-state index in [4.69, 9.17) is 0 Å². The molecular weight excluding hydrogens is 334 g/mol. The summed E-state index contributed by atoms with van der Waals surface area (Å²) in [6.45, 7) is 5.34. The maximum Gasteiger partial charge on any atom is 0.227 e. The number of aryl methyl sites for hydroxylation is 1. The summed E-state index contributed by atoms with van der Waals surface area (Å²) >= 11 is 0. The van der Waals surface area contributed by atoms with Crippen LogP contribution in [-0.2, 0) is 6.54 Å². The zero-order valence-corrected chi connectivity index (χ0v) is 14.7. The van der Waals surface area contributed by atoms with Crippen LogP contribution in [0.15, 0.2) is 54.6 Å². The van der Waals surface area contributed by atoms with Crippen LogP contribution in [0.5, 0.6) is 0 Å². The molecule has 0 unspecified atom stereocenters. The van der Waals surface area contributed by atoms with Crippen molar-refractivity contribution in [1.82, 2.24) is 9.97 Å². The lowest BCUT2D eigenvalue weighted by atomic mass is 10.2. The number of hydrogen-bond acceptors (Lipinski definition) is 4. The van der Waals surface area contributed by atoms with E-state index < -0.39 is 11.6 Å². The molecule has 1 N–H and O–H groups in total. The molecule has 0 bridgehead atoms. The molecule has 0 fully saturated rings. The van der Waals surface area contributed by atoms with E-state index in [1.165, 1.54) is 6.07 Å². The van der Waals surface area contributed by atoms with Gasteiger partial charge in [0, 0.05) is 36.6 Å². The van der Waals surface area contributed by atoms with Crippen molar-refractivity contribution in [3.8, 4) is 0 Å². The number of halogens is 2. The van der Waals surface area contributed by atoms with Crippen LogP contribution in [0.25, 0.3) is 0 Å². The molecule has 3 rings (SSSR count). The zero-order valence-electron chi connectivity index (χ0n) is 14.7. The first-order valence-corrected chi connectivity index (χ1v) is 8.42. The zero-order chi connectivity index (χ0) is 18.5. The van der Waals surface area contributed by atoms with E-state index in [1.54, 1.807) is 6.07 Å². The summed E-state index contributed by atoms with van der Waals surface area (Å²) in [4.78, 5) is 11.1. The Morgan fingerprint density at radius 1 is 0.962 bits per heavy atom. The second kappa shape index (κ2) is 7.91. The largest absolute Gasteiger partial charge is 0.340 e. The van der Waals surface area contributed by atoms with Crippen molar-refractivity contribution in [2.75, 3.05) is 16.8 Å². The maximum absolute atomic E-state index is 13.4. The summed E-state index contributed by atoms with van der Waals surface area (Å²) in [6.07, 6.45) is 0. The molecule has 4 nitrogen and oxygen atoms in total. The molecule has 0 aliphatic rings. The average molecular weight is 354 g/mol. The maximum atomic E-state index is 13.4. The van der Waals surface area contributed by atoms with Gasteiger partial charge >= 0.3 is 0 Å². The van der Waals surface area contributed by atoms with Crippen molar-refractivity contribution < 1.29 is 8.78 Å². The van der Waals surface area contributed by atoms with Crippen molar-refractivity contribution in [2.24, 2.45) is 0 Å². The predicted molar refractivity (Wildman–Crippen MR) is 99.6 cm³/mol. The van der Waals surface area contributed by atoms with E-state index in [-0.39, 0.29) is 0 Å². The Morgan fingerprint density at radius 2 is 1.73 bits per heavy atom. The molecule has 6 heteroatoms. The molecule has 0 aliphatic carbocycles. The lowest BCUT2D eigenvalue weighted by Crippen LogP contribution is -2.24. The van der Waals surface area contributed by atoms with Crippen LogP contribution >= 0.6 is 0 Å². The minimum Gasteiger partial charge on any atom is -0.340 e. The Hall–Kier alpha value is -3.02. The van der Waals surface area contributed by atoms with Gasteiger partial charge < -0.3 is 10.2 Å². The van der Waals surface area contributed by atoms with Crippen LogP contribution in [0.4, 0.5) is 26.2 Å². The molecule has 0 atom stereocenters. The lowest BCUT2D eigenvalue weighted by molar-refractivity contribution is 0.509. The number of nitrogens with one attached hydrogen (secondary N) is 1. The highest BCUT2D eigenvalue weighted by Crippen LogP contribution is 2.21. The van der Waals surface area contributed by atoms with Crippen molar-refractivity contribution in [1.29, 1.82) is 0 Å². The number of hydrogen-bond donors (Lipinski definition) is 1. The van der Waals surface area contributed by atoms with Gasteiger partial charge in [-0.15, -0.1) is 0 Å². The molecule has 1 aromatic heterocycles. The Morgan fingerprint density at radius 3 is 2.42 bits per heavy atom. The molecular formula is C20H20F2N4. The molecule has 0 aliphatic heterocycles. The Labute approximate surface area is 151 Å². The number of rotatable bonds is 6. The van der Waals surface area contributed by atoms with Crippen LogP contribution in [0.1, 0.15) is 18.2 Å². The monoisotopic (exact) mass is 354 g/mol. The topological polar surface area (TPSA) is 41.1 Å². The Balaban J connectivity index is 1.84. The Bertz CT molecular complexity index is 884. The number of benzene rings is 2. The summed E-state index contributed by atoms with van der Waals surface area (Å²) in [5.74, 6) is -0.665. The van der Waals surface area contributed by atoms with E-state index in [0.29, 0.717) is 24.0 Å². The second-order valence-corrected chi connectivity index (χ2v) is 5.95. The standard InChI is InChI=1S/C20H20F2N4/c1-3-26(13-15-7-5-4-6-8-15)20-23-14(2)11-19(25-20)24-16-9-10-17(21)18(22)12-16/h4-12H,3,13H2,1-2H3,(H,23,24,25). The fourth-order valence-electron chi connectivity index (χ4n) is 2.61. The number of nitrogens with zero attached hydrogens (tertiary/aromatic N) is 3. The number of anilines is 3. The van der Waals surface area contributed by atoms with Gasteiger partial charge in [0.1, 0.15) is 5.82 Å². The first-order valence-electron chi connectivity index (χ1n) is 8.42. The van der Waals surface area contributed by atoms with Gasteiger partial charge in [-0.05, 0) is 31.5 Å². The first kappa shape index (κ1) is 17.8. The van der Waals surface area contributed by atoms with Gasteiger partial charge in [0.2, 0.25) is 5.95 Å². The summed E-state index contributed by atoms with van der Waals surface area (Å²) in [5.41, 5.74) is 2.38. The third kappa shape index (κ3) is 4.33. The second-order valence-electron chi connectivity index (χ2n) is 5.95. The van der Waals surface area contributed by atoms with Gasteiger partial charge in [0.25, 0.3) is 0 Å². The summed E-state index contributed by atoms with van der Waals surface area (Å²) in [5, 5.41) is 3.01. The normalized spacial score (nSPS) is 10.6. The van der Waals surface area contributed by atoms with Gasteiger partial charge in [0.05, 0.1) is 0 Å². The third-order valence-corrected chi connectivity index (χ3v) is 3.92. The highest BCUT2D eigenvalue weighted by atomic mass is 19.2. The molecule has 134 valence electrons. The SMILES string of the molecule is CCN(Cc1ccccc1)c1nc(C)cc(Nc2ccc(F)c(F)c2)n1. The van der Waals surface area contributed by atoms with Crippen LogP contribution in [0.3, 0.4) is 0 Å². The highest BCUT2D eigenvalue weighted by molar-refractivity contribution is 5.58. The molecule has 0 spiro atoms. The fourth-order valence-corrected chi connectivity index (χ4v) is 2.61. The minimum atomic E-state index is -0.903. The van der Waals surface area contributed by atoms with Crippen molar-refractivity contribution in [3.63, 3.8) is 0 Å². The fraction of sp³-hybridized carbons (Fsp3) is 0.200. The molecule has 3 aromatic rings. The summed E-state index contributed by atoms with van der Waals surface area (Å²) in [7, 11) is 0. The predicted octanol–water partition coefficient (Wildman–Crippen LogP) is 4.83. The van der Waals surface area contributed by atoms with E-state index >= 15 is 0 Å². The first-order chi connectivity index (χ1) is 12.5. The van der Waals surface area contributed by atoms with Crippen LogP contribution in [-0.4, -0.2) is 16.5 Å². The van der Waals surface area contributed by atoms with Gasteiger partial charge in [-0.3, -0.25) is 0 Å². The molecule has 0 radical (unpaired) electrons. The molecule has 0 amide bonds. The van der Waals surface area contributed by atoms with Gasteiger partial charge in [-0.2, -0.15) is 4.98 Å². The van der Waals surface area contributed by atoms with Crippen molar-refractivity contribution in [3.05, 3.63) is 77.5 Å². The van der Waals surface area contributed by atoms with Crippen LogP contribution in [0.2, 0.25) is 0 Å². The smallest absolute Gasteiger partial charge is 0.227 e. The summed E-state index contributed by atoms with van der Waals surface area (Å²) < 4.78 is 26.5. The minimum absolute atomic E-state index is 0.430. The van der Waals surface area contributed by atoms with Gasteiger partial charge in [-0.25, -0.2) is 13.8 Å². The number of aromatic nitrogens is 2. The van der Waals surface area contributed by atoms with Gasteiger partial charge in [-0.1, -0.05) is 30.3 Å². The molecule has 0 saturated carbocycles. The molecule has 2 aromatic carbocycles. The van der Waals surface area contributed by atoms with Crippen molar-refractivity contribution >= 4 is 17.5 Å². The quantitative estimate of drug-likeness (QED) is 0.688. The Kier molecular flexibility index (Phi) is 5.41. The van der Waals surface area contributed by atoms with E-state index in [2.05, 4.69) is 32.3 Å². The van der Waals surface area contributed by atoms with Gasteiger partial charge in [0.15, 0.2) is 11.6 Å². The summed E-state index contributed by atoms with van der Waals surface area (Å²) in [6, 6.07) is 15.5. The lowest BCUT2D eigenvalue weighted by Gasteiger charge is -2.22. The average Bonchev–Trinajstić information content (AvgIpc) is 2.63. The van der Waals surface area contributed by atoms with Crippen LogP contribution < -0.4 is 10.2 Å². The van der Waals surface area contributed by atoms with Crippen molar-refractivity contribution in [2.45, 2.75) is 20.4 Å².